The summed E-state index contributed by atoms with van der Waals surface area (Å²) in [6.45, 7) is 1.95. The van der Waals surface area contributed by atoms with E-state index in [1.165, 1.54) is 10.8 Å². The second-order valence-electron chi connectivity index (χ2n) is 5.26. The van der Waals surface area contributed by atoms with Gasteiger partial charge in [-0.3, -0.25) is 0 Å². The average Bonchev–Trinajstić information content (AvgIpc) is 3.14. The molecule has 0 aliphatic carbocycles. The third-order valence-corrected chi connectivity index (χ3v) is 4.39. The van der Waals surface area contributed by atoms with Crippen molar-refractivity contribution >= 4 is 22.9 Å². The Balaban J connectivity index is 1.98. The summed E-state index contributed by atoms with van der Waals surface area (Å²) in [7, 11) is 1.74. The second kappa shape index (κ2) is 5.80. The second-order valence-corrected chi connectivity index (χ2v) is 6.04. The number of fused-ring (bicyclic) bond motifs is 1. The third-order valence-electron chi connectivity index (χ3n) is 3.66. The Morgan fingerprint density at radius 2 is 2.17 bits per heavy atom. The standard InChI is InChI=1S/C14H14F3N5S/c1-9(5-10-3-4-23-7-10)21(2)12-6-11(14(15,16)17)20-13-18-8-19-22(12)13/h3-4,6-9H,5H2,1-2H3. The Kier molecular flexibility index (Phi) is 3.97. The first-order chi connectivity index (χ1) is 10.9. The number of anilines is 1. The number of thiophene rings is 1. The van der Waals surface area contributed by atoms with Crippen molar-refractivity contribution in [2.24, 2.45) is 0 Å². The molecule has 23 heavy (non-hydrogen) atoms. The van der Waals surface area contributed by atoms with Gasteiger partial charge in [-0.1, -0.05) is 0 Å². The Morgan fingerprint density at radius 3 is 2.83 bits per heavy atom. The fraction of sp³-hybridized carbons (Fsp3) is 0.357. The number of likely N-dealkylation sites (N-methyl/N-ethyl adjacent to an activating group) is 1. The smallest absolute Gasteiger partial charge is 0.356 e. The van der Waals surface area contributed by atoms with Gasteiger partial charge in [0, 0.05) is 19.2 Å². The SMILES string of the molecule is CC(Cc1ccsc1)N(C)c1cc(C(F)(F)F)nc2ncnn12. The van der Waals surface area contributed by atoms with Crippen LogP contribution in [0.25, 0.3) is 5.78 Å². The van der Waals surface area contributed by atoms with Crippen LogP contribution in [0, 0.1) is 0 Å². The van der Waals surface area contributed by atoms with Crippen molar-refractivity contribution < 1.29 is 13.2 Å². The quantitative estimate of drug-likeness (QED) is 0.731. The molecule has 0 spiro atoms. The monoisotopic (exact) mass is 341 g/mol. The summed E-state index contributed by atoms with van der Waals surface area (Å²) in [6, 6.07) is 3.00. The number of rotatable bonds is 4. The number of alkyl halides is 3. The molecule has 0 aliphatic rings. The maximum atomic E-state index is 13.0. The summed E-state index contributed by atoms with van der Waals surface area (Å²) in [4.78, 5) is 9.07. The molecular formula is C14H14F3N5S. The molecule has 0 saturated heterocycles. The van der Waals surface area contributed by atoms with Gasteiger partial charge in [0.2, 0.25) is 0 Å². The molecule has 9 heteroatoms. The van der Waals surface area contributed by atoms with Crippen LogP contribution in [0.1, 0.15) is 18.2 Å². The van der Waals surface area contributed by atoms with E-state index in [9.17, 15) is 13.2 Å². The zero-order valence-electron chi connectivity index (χ0n) is 12.4. The lowest BCUT2D eigenvalue weighted by Gasteiger charge is -2.27. The van der Waals surface area contributed by atoms with Crippen LogP contribution in [0.5, 0.6) is 0 Å². The molecule has 3 aromatic rings. The van der Waals surface area contributed by atoms with Crippen LogP contribution in [-0.4, -0.2) is 32.7 Å². The van der Waals surface area contributed by atoms with E-state index in [1.807, 2.05) is 23.8 Å². The molecule has 0 amide bonds. The Morgan fingerprint density at radius 1 is 1.39 bits per heavy atom. The van der Waals surface area contributed by atoms with Gasteiger partial charge in [-0.05, 0) is 35.7 Å². The Hall–Kier alpha value is -2.16. The van der Waals surface area contributed by atoms with Gasteiger partial charge in [-0.2, -0.15) is 39.1 Å². The first kappa shape index (κ1) is 15.7. The summed E-state index contributed by atoms with van der Waals surface area (Å²) in [5, 5.41) is 7.99. The zero-order valence-corrected chi connectivity index (χ0v) is 13.3. The van der Waals surface area contributed by atoms with Crippen LogP contribution < -0.4 is 4.90 Å². The van der Waals surface area contributed by atoms with Gasteiger partial charge in [0.25, 0.3) is 5.78 Å². The molecule has 3 rings (SSSR count). The molecule has 3 heterocycles. The van der Waals surface area contributed by atoms with Gasteiger partial charge in [0.15, 0.2) is 5.69 Å². The lowest BCUT2D eigenvalue weighted by molar-refractivity contribution is -0.141. The van der Waals surface area contributed by atoms with Crippen LogP contribution in [0.4, 0.5) is 19.0 Å². The van der Waals surface area contributed by atoms with Crippen LogP contribution >= 0.6 is 11.3 Å². The largest absolute Gasteiger partial charge is 0.433 e. The number of halogens is 3. The van der Waals surface area contributed by atoms with Crippen molar-refractivity contribution in [3.63, 3.8) is 0 Å². The van der Waals surface area contributed by atoms with Crippen LogP contribution in [-0.2, 0) is 12.6 Å². The van der Waals surface area contributed by atoms with E-state index >= 15 is 0 Å². The first-order valence-electron chi connectivity index (χ1n) is 6.88. The summed E-state index contributed by atoms with van der Waals surface area (Å²) in [5.41, 5.74) is 0.178. The topological polar surface area (TPSA) is 46.3 Å². The number of aromatic nitrogens is 4. The third kappa shape index (κ3) is 3.14. The fourth-order valence-electron chi connectivity index (χ4n) is 2.31. The van der Waals surface area contributed by atoms with E-state index in [0.717, 1.165) is 18.1 Å². The summed E-state index contributed by atoms with van der Waals surface area (Å²) in [5.74, 6) is 0.243. The highest BCUT2D eigenvalue weighted by molar-refractivity contribution is 7.07. The molecular weight excluding hydrogens is 327 g/mol. The number of nitrogens with zero attached hydrogens (tertiary/aromatic N) is 5. The van der Waals surface area contributed by atoms with E-state index in [4.69, 9.17) is 0 Å². The molecule has 122 valence electrons. The lowest BCUT2D eigenvalue weighted by Crippen LogP contribution is -2.32. The predicted molar refractivity (Wildman–Crippen MR) is 81.7 cm³/mol. The number of hydrogen-bond donors (Lipinski definition) is 0. The minimum Gasteiger partial charge on any atom is -0.356 e. The molecule has 0 radical (unpaired) electrons. The lowest BCUT2D eigenvalue weighted by atomic mass is 10.1. The molecule has 0 fully saturated rings. The van der Waals surface area contributed by atoms with Crippen LogP contribution in [0.15, 0.2) is 29.2 Å². The van der Waals surface area contributed by atoms with Crippen molar-refractivity contribution in [3.05, 3.63) is 40.5 Å². The normalized spacial score (nSPS) is 13.4. The van der Waals surface area contributed by atoms with Gasteiger partial charge >= 0.3 is 6.18 Å². The van der Waals surface area contributed by atoms with Crippen molar-refractivity contribution in [3.8, 4) is 0 Å². The zero-order chi connectivity index (χ0) is 16.6. The van der Waals surface area contributed by atoms with Crippen molar-refractivity contribution in [1.82, 2.24) is 19.6 Å². The molecule has 1 unspecified atom stereocenters. The average molecular weight is 341 g/mol. The molecule has 5 nitrogen and oxygen atoms in total. The van der Waals surface area contributed by atoms with E-state index in [0.29, 0.717) is 5.82 Å². The van der Waals surface area contributed by atoms with Gasteiger partial charge in [-0.15, -0.1) is 0 Å². The number of hydrogen-bond acceptors (Lipinski definition) is 5. The highest BCUT2D eigenvalue weighted by Crippen LogP contribution is 2.31. The fourth-order valence-corrected chi connectivity index (χ4v) is 2.99. The van der Waals surface area contributed by atoms with Crippen LogP contribution in [0.2, 0.25) is 0 Å². The molecule has 0 N–H and O–H groups in total. The molecule has 1 atom stereocenters. The van der Waals surface area contributed by atoms with E-state index < -0.39 is 11.9 Å². The molecule has 3 aromatic heterocycles. The Bertz CT molecular complexity index is 796. The van der Waals surface area contributed by atoms with Crippen LogP contribution in [0.3, 0.4) is 0 Å². The Labute approximate surface area is 134 Å². The summed E-state index contributed by atoms with van der Waals surface area (Å²) >= 11 is 1.59. The van der Waals surface area contributed by atoms with Gasteiger partial charge in [0.05, 0.1) is 0 Å². The minimum absolute atomic E-state index is 0.0134. The molecule has 0 bridgehead atoms. The van der Waals surface area contributed by atoms with Gasteiger partial charge in [0.1, 0.15) is 12.1 Å². The highest BCUT2D eigenvalue weighted by atomic mass is 32.1. The van der Waals surface area contributed by atoms with Crippen molar-refractivity contribution in [1.29, 1.82) is 0 Å². The van der Waals surface area contributed by atoms with Crippen molar-refractivity contribution in [2.75, 3.05) is 11.9 Å². The molecule has 0 saturated carbocycles. The maximum absolute atomic E-state index is 13.0. The van der Waals surface area contributed by atoms with E-state index in [-0.39, 0.29) is 11.8 Å². The van der Waals surface area contributed by atoms with Gasteiger partial charge < -0.3 is 4.90 Å². The first-order valence-corrected chi connectivity index (χ1v) is 7.82. The van der Waals surface area contributed by atoms with Crippen molar-refractivity contribution in [2.45, 2.75) is 25.6 Å². The molecule has 0 aliphatic heterocycles. The maximum Gasteiger partial charge on any atom is 0.433 e. The van der Waals surface area contributed by atoms with E-state index in [2.05, 4.69) is 15.1 Å². The predicted octanol–water partition coefficient (Wildman–Crippen LogP) is 3.27. The summed E-state index contributed by atoms with van der Waals surface area (Å²) in [6.07, 6.45) is -2.61. The summed E-state index contributed by atoms with van der Waals surface area (Å²) < 4.78 is 40.4. The highest BCUT2D eigenvalue weighted by Gasteiger charge is 2.34. The minimum atomic E-state index is -4.53. The van der Waals surface area contributed by atoms with E-state index in [1.54, 1.807) is 23.3 Å². The molecule has 0 aromatic carbocycles. The van der Waals surface area contributed by atoms with Gasteiger partial charge in [-0.25, -0.2) is 4.98 Å².